The fraction of sp³-hybridized carbons (Fsp3) is 0.800. The predicted octanol–water partition coefficient (Wildman–Crippen LogP) is -4.11. The van der Waals surface area contributed by atoms with Crippen molar-refractivity contribution in [3.8, 4) is 0 Å². The van der Waals surface area contributed by atoms with Crippen LogP contribution in [0.25, 0.3) is 0 Å². The lowest BCUT2D eigenvalue weighted by Gasteiger charge is -2.12. The highest BCUT2D eigenvalue weighted by Gasteiger charge is 2.26. The lowest BCUT2D eigenvalue weighted by Crippen LogP contribution is -3.00. The summed E-state index contributed by atoms with van der Waals surface area (Å²) < 4.78 is 0. The molecule has 0 saturated heterocycles. The summed E-state index contributed by atoms with van der Waals surface area (Å²) >= 11 is 0. The standard InChI is InChI=1S/C5H12N2O.ClH/c1-3-5(2,7)4(6)8;/h3,7H2,1-2H3,(H2,6,8);1H. The van der Waals surface area contributed by atoms with Crippen molar-refractivity contribution in [3.05, 3.63) is 0 Å². The Morgan fingerprint density at radius 1 is 1.78 bits per heavy atom. The molecule has 1 atom stereocenters. The molecule has 0 bridgehead atoms. The number of hydrogen-bond donors (Lipinski definition) is 2. The molecule has 0 radical (unpaired) electrons. The van der Waals surface area contributed by atoms with Gasteiger partial charge in [0.05, 0.1) is 0 Å². The number of hydrogen-bond acceptors (Lipinski definition) is 1. The average molecular weight is 153 g/mol. The van der Waals surface area contributed by atoms with E-state index >= 15 is 0 Å². The Kier molecular flexibility index (Phi) is 4.72. The number of quaternary nitrogens is 1. The maximum Gasteiger partial charge on any atom is 0.278 e. The minimum absolute atomic E-state index is 0. The molecule has 0 heterocycles. The van der Waals surface area contributed by atoms with E-state index in [1.165, 1.54) is 0 Å². The second-order valence-corrected chi connectivity index (χ2v) is 2.28. The Labute approximate surface area is 61.2 Å². The van der Waals surface area contributed by atoms with Crippen LogP contribution in [0.3, 0.4) is 0 Å². The second-order valence-electron chi connectivity index (χ2n) is 2.28. The van der Waals surface area contributed by atoms with Gasteiger partial charge in [0.15, 0.2) is 5.54 Å². The van der Waals surface area contributed by atoms with E-state index in [-0.39, 0.29) is 18.3 Å². The molecule has 5 N–H and O–H groups in total. The van der Waals surface area contributed by atoms with Crippen molar-refractivity contribution >= 4 is 5.91 Å². The molecule has 3 nitrogen and oxygen atoms in total. The van der Waals surface area contributed by atoms with Crippen LogP contribution in [0.2, 0.25) is 0 Å². The molecule has 0 aliphatic heterocycles. The monoisotopic (exact) mass is 152 g/mol. The van der Waals surface area contributed by atoms with Crippen LogP contribution in [-0.2, 0) is 4.79 Å². The molecular weight excluding hydrogens is 140 g/mol. The zero-order valence-corrected chi connectivity index (χ0v) is 6.53. The quantitative estimate of drug-likeness (QED) is 0.415. The molecule has 0 aromatic rings. The molecule has 0 saturated carbocycles. The van der Waals surface area contributed by atoms with Gasteiger partial charge in [-0.25, -0.2) is 0 Å². The predicted molar refractivity (Wildman–Crippen MR) is 30.8 cm³/mol. The smallest absolute Gasteiger partial charge is 0.278 e. The van der Waals surface area contributed by atoms with Crippen molar-refractivity contribution in [1.82, 2.24) is 0 Å². The van der Waals surface area contributed by atoms with Crippen molar-refractivity contribution < 1.29 is 22.9 Å². The first-order valence-electron chi connectivity index (χ1n) is 2.66. The van der Waals surface area contributed by atoms with Crippen LogP contribution in [0.5, 0.6) is 0 Å². The van der Waals surface area contributed by atoms with Crippen molar-refractivity contribution in [2.75, 3.05) is 0 Å². The minimum atomic E-state index is -0.569. The van der Waals surface area contributed by atoms with Gasteiger partial charge in [-0.3, -0.25) is 4.79 Å². The molecule has 0 aromatic heterocycles. The lowest BCUT2D eigenvalue weighted by atomic mass is 10.0. The summed E-state index contributed by atoms with van der Waals surface area (Å²) in [4.78, 5) is 10.4. The van der Waals surface area contributed by atoms with Gasteiger partial charge in [-0.15, -0.1) is 0 Å². The normalized spacial score (nSPS) is 15.4. The summed E-state index contributed by atoms with van der Waals surface area (Å²) in [6.45, 7) is 3.62. The van der Waals surface area contributed by atoms with Gasteiger partial charge in [0.25, 0.3) is 5.91 Å². The Balaban J connectivity index is 0. The van der Waals surface area contributed by atoms with E-state index in [4.69, 9.17) is 5.73 Å². The Bertz CT molecular complexity index is 103. The average Bonchev–Trinajstić information content (AvgIpc) is 1.67. The number of rotatable bonds is 2. The molecule has 1 unspecified atom stereocenters. The summed E-state index contributed by atoms with van der Waals surface area (Å²) in [5.41, 5.74) is 8.02. The fourth-order valence-corrected chi connectivity index (χ4v) is 0.174. The lowest BCUT2D eigenvalue weighted by molar-refractivity contribution is -0.452. The van der Waals surface area contributed by atoms with Crippen molar-refractivity contribution in [2.45, 2.75) is 25.8 Å². The molecule has 0 spiro atoms. The molecule has 56 valence electrons. The van der Waals surface area contributed by atoms with E-state index in [1.807, 2.05) is 6.92 Å². The van der Waals surface area contributed by atoms with Gasteiger partial charge < -0.3 is 23.9 Å². The van der Waals surface area contributed by atoms with Crippen molar-refractivity contribution in [2.24, 2.45) is 5.73 Å². The van der Waals surface area contributed by atoms with E-state index < -0.39 is 5.54 Å². The van der Waals surface area contributed by atoms with Crippen LogP contribution < -0.4 is 23.9 Å². The van der Waals surface area contributed by atoms with E-state index in [0.717, 1.165) is 0 Å². The Morgan fingerprint density at radius 3 is 2.11 bits per heavy atom. The zero-order valence-electron chi connectivity index (χ0n) is 5.78. The largest absolute Gasteiger partial charge is 1.00 e. The number of carbonyl (C=O) groups excluding carboxylic acids is 1. The summed E-state index contributed by atoms with van der Waals surface area (Å²) in [5, 5.41) is 0. The van der Waals surface area contributed by atoms with Gasteiger partial charge in [0.1, 0.15) is 0 Å². The first-order valence-corrected chi connectivity index (χ1v) is 2.66. The van der Waals surface area contributed by atoms with Crippen LogP contribution in [-0.4, -0.2) is 11.4 Å². The second kappa shape index (κ2) is 3.69. The Hall–Kier alpha value is -0.280. The molecule has 0 aromatic carbocycles. The van der Waals surface area contributed by atoms with Gasteiger partial charge >= 0.3 is 0 Å². The number of nitrogens with two attached hydrogens (primary N) is 1. The fourth-order valence-electron chi connectivity index (χ4n) is 0.174. The highest BCUT2D eigenvalue weighted by molar-refractivity contribution is 5.82. The van der Waals surface area contributed by atoms with E-state index in [1.54, 1.807) is 6.92 Å². The number of halogens is 1. The minimum Gasteiger partial charge on any atom is -1.00 e. The van der Waals surface area contributed by atoms with Crippen LogP contribution in [0.1, 0.15) is 20.3 Å². The summed E-state index contributed by atoms with van der Waals surface area (Å²) in [6, 6.07) is 0. The number of amides is 1. The zero-order chi connectivity index (χ0) is 6.78. The number of carbonyl (C=O) groups is 1. The maximum absolute atomic E-state index is 10.4. The van der Waals surface area contributed by atoms with Gasteiger partial charge in [-0.2, -0.15) is 0 Å². The van der Waals surface area contributed by atoms with Crippen LogP contribution >= 0.6 is 0 Å². The molecule has 1 amide bonds. The number of primary amides is 1. The van der Waals surface area contributed by atoms with Crippen molar-refractivity contribution in [1.29, 1.82) is 0 Å². The van der Waals surface area contributed by atoms with Gasteiger partial charge in [-0.05, 0) is 6.92 Å². The highest BCUT2D eigenvalue weighted by atomic mass is 35.5. The summed E-state index contributed by atoms with van der Waals surface area (Å²) in [7, 11) is 0. The van der Waals surface area contributed by atoms with E-state index in [2.05, 4.69) is 5.73 Å². The summed E-state index contributed by atoms with van der Waals surface area (Å²) in [5.74, 6) is -0.333. The van der Waals surface area contributed by atoms with Gasteiger partial charge in [-0.1, -0.05) is 6.92 Å². The molecule has 0 rings (SSSR count). The third kappa shape index (κ3) is 3.32. The maximum atomic E-state index is 10.4. The third-order valence-corrected chi connectivity index (χ3v) is 1.38. The molecule has 0 fully saturated rings. The van der Waals surface area contributed by atoms with Gasteiger partial charge in [0.2, 0.25) is 0 Å². The molecule has 0 aliphatic carbocycles. The van der Waals surface area contributed by atoms with Crippen LogP contribution in [0, 0.1) is 0 Å². The van der Waals surface area contributed by atoms with Crippen LogP contribution in [0.15, 0.2) is 0 Å². The molecular formula is C5H13ClN2O. The van der Waals surface area contributed by atoms with Crippen LogP contribution in [0.4, 0.5) is 0 Å². The first kappa shape index (κ1) is 11.5. The topological polar surface area (TPSA) is 70.7 Å². The third-order valence-electron chi connectivity index (χ3n) is 1.38. The SMILES string of the molecule is CCC(C)([NH3+])C(N)=O.[Cl-]. The summed E-state index contributed by atoms with van der Waals surface area (Å²) in [6.07, 6.45) is 0.697. The highest BCUT2D eigenvalue weighted by Crippen LogP contribution is 1.98. The van der Waals surface area contributed by atoms with Gasteiger partial charge in [0, 0.05) is 6.42 Å². The first-order chi connectivity index (χ1) is 3.50. The molecule has 0 aliphatic rings. The van der Waals surface area contributed by atoms with E-state index in [0.29, 0.717) is 6.42 Å². The Morgan fingerprint density at radius 2 is 2.11 bits per heavy atom. The molecule has 4 heteroatoms. The van der Waals surface area contributed by atoms with E-state index in [9.17, 15) is 4.79 Å². The molecule has 9 heavy (non-hydrogen) atoms. The van der Waals surface area contributed by atoms with Crippen molar-refractivity contribution in [3.63, 3.8) is 0 Å².